The van der Waals surface area contributed by atoms with Crippen LogP contribution in [-0.4, -0.2) is 28.0 Å². The number of amides is 1. The van der Waals surface area contributed by atoms with Gasteiger partial charge in [-0.2, -0.15) is 0 Å². The first-order valence-corrected chi connectivity index (χ1v) is 9.70. The van der Waals surface area contributed by atoms with Crippen molar-refractivity contribution in [1.82, 2.24) is 20.6 Å². The minimum absolute atomic E-state index is 0.0866. The molecule has 0 unspecified atom stereocenters. The fraction of sp³-hybridized carbons (Fsp3) is 0.476. The number of carbonyl (C=O) groups excluding carboxylic acids is 1. The lowest BCUT2D eigenvalue weighted by atomic mass is 9.95. The molecule has 0 atom stereocenters. The second-order valence-corrected chi connectivity index (χ2v) is 7.41. The van der Waals surface area contributed by atoms with Gasteiger partial charge >= 0.3 is 0 Å². The van der Waals surface area contributed by atoms with Gasteiger partial charge in [-0.05, 0) is 36.8 Å². The summed E-state index contributed by atoms with van der Waals surface area (Å²) in [7, 11) is 0. The first kappa shape index (κ1) is 17.2. The highest BCUT2D eigenvalue weighted by atomic mass is 16.2. The second kappa shape index (κ2) is 7.96. The van der Waals surface area contributed by atoms with Crippen LogP contribution in [0.1, 0.15) is 59.4 Å². The van der Waals surface area contributed by atoms with E-state index < -0.39 is 0 Å². The molecule has 0 radical (unpaired) electrons. The molecular weight excluding hydrogens is 324 g/mol. The monoisotopic (exact) mass is 350 g/mol. The van der Waals surface area contributed by atoms with Crippen molar-refractivity contribution >= 4 is 5.91 Å². The molecule has 4 rings (SSSR count). The Morgan fingerprint density at radius 1 is 0.962 bits per heavy atom. The summed E-state index contributed by atoms with van der Waals surface area (Å²) < 4.78 is 0. The van der Waals surface area contributed by atoms with Crippen LogP contribution < -0.4 is 10.6 Å². The molecule has 2 aliphatic carbocycles. The van der Waals surface area contributed by atoms with Gasteiger partial charge < -0.3 is 10.6 Å². The molecule has 2 N–H and O–H groups in total. The van der Waals surface area contributed by atoms with Crippen molar-refractivity contribution in [3.63, 3.8) is 0 Å². The summed E-state index contributed by atoms with van der Waals surface area (Å²) in [5.74, 6) is -0.0866. The second-order valence-electron chi connectivity index (χ2n) is 7.41. The maximum absolute atomic E-state index is 12.7. The summed E-state index contributed by atoms with van der Waals surface area (Å²) in [6, 6.07) is 9.26. The van der Waals surface area contributed by atoms with Gasteiger partial charge in [0.05, 0.1) is 5.69 Å². The zero-order chi connectivity index (χ0) is 17.8. The lowest BCUT2D eigenvalue weighted by Gasteiger charge is -2.23. The van der Waals surface area contributed by atoms with E-state index in [-0.39, 0.29) is 11.9 Å². The molecule has 2 aromatic rings. The first-order valence-electron chi connectivity index (χ1n) is 9.70. The van der Waals surface area contributed by atoms with Gasteiger partial charge in [0.2, 0.25) is 0 Å². The molecule has 1 fully saturated rings. The molecule has 5 heteroatoms. The minimum atomic E-state index is -0.0866. The van der Waals surface area contributed by atoms with Gasteiger partial charge in [-0.3, -0.25) is 9.78 Å². The van der Waals surface area contributed by atoms with Gasteiger partial charge in [0.15, 0.2) is 5.69 Å². The van der Waals surface area contributed by atoms with Crippen LogP contribution in [0, 0.1) is 0 Å². The minimum Gasteiger partial charge on any atom is -0.348 e. The van der Waals surface area contributed by atoms with Crippen LogP contribution in [0.5, 0.6) is 0 Å². The van der Waals surface area contributed by atoms with E-state index in [0.717, 1.165) is 31.4 Å². The lowest BCUT2D eigenvalue weighted by molar-refractivity contribution is 0.0920. The van der Waals surface area contributed by atoms with E-state index in [9.17, 15) is 4.79 Å². The molecule has 0 saturated heterocycles. The summed E-state index contributed by atoms with van der Waals surface area (Å²) in [5.41, 5.74) is 4.02. The van der Waals surface area contributed by atoms with Crippen molar-refractivity contribution in [1.29, 1.82) is 0 Å². The molecule has 0 spiro atoms. The quantitative estimate of drug-likeness (QED) is 0.870. The Kier molecular flexibility index (Phi) is 5.25. The van der Waals surface area contributed by atoms with E-state index in [0.29, 0.717) is 18.3 Å². The normalized spacial score (nSPS) is 17.8. The maximum atomic E-state index is 12.7. The largest absolute Gasteiger partial charge is 0.348 e. The lowest BCUT2D eigenvalue weighted by Crippen LogP contribution is -2.38. The predicted molar refractivity (Wildman–Crippen MR) is 101 cm³/mol. The smallest absolute Gasteiger partial charge is 0.272 e. The number of nitrogens with zero attached hydrogens (tertiary/aromatic N) is 2. The van der Waals surface area contributed by atoms with E-state index in [4.69, 9.17) is 0 Å². The summed E-state index contributed by atoms with van der Waals surface area (Å²) in [6.45, 7) is 0.569. The fourth-order valence-corrected chi connectivity index (χ4v) is 4.13. The van der Waals surface area contributed by atoms with E-state index in [2.05, 4.69) is 44.9 Å². The van der Waals surface area contributed by atoms with Crippen molar-refractivity contribution in [3.8, 4) is 0 Å². The highest BCUT2D eigenvalue weighted by Gasteiger charge is 2.23. The molecule has 0 aliphatic heterocycles. The summed E-state index contributed by atoms with van der Waals surface area (Å²) in [5, 5.41) is 6.71. The molecule has 1 saturated carbocycles. The van der Waals surface area contributed by atoms with Crippen LogP contribution in [0.2, 0.25) is 0 Å². The number of fused-ring (bicyclic) bond motifs is 1. The molecule has 1 heterocycles. The number of aromatic nitrogens is 2. The van der Waals surface area contributed by atoms with E-state index in [1.54, 1.807) is 12.4 Å². The van der Waals surface area contributed by atoms with E-state index in [1.807, 2.05) is 0 Å². The Labute approximate surface area is 154 Å². The molecule has 1 aromatic heterocycles. The van der Waals surface area contributed by atoms with Crippen LogP contribution in [-0.2, 0) is 19.4 Å². The van der Waals surface area contributed by atoms with Crippen LogP contribution in [0.4, 0.5) is 0 Å². The molecule has 0 bridgehead atoms. The van der Waals surface area contributed by atoms with Crippen LogP contribution >= 0.6 is 0 Å². The van der Waals surface area contributed by atoms with Crippen LogP contribution in [0.25, 0.3) is 0 Å². The number of benzene rings is 1. The SMILES string of the molecule is O=C(NC1CCCCC1)c1nccnc1CNC1Cc2ccccc2C1. The van der Waals surface area contributed by atoms with Crippen LogP contribution in [0.15, 0.2) is 36.7 Å². The van der Waals surface area contributed by atoms with E-state index >= 15 is 0 Å². The number of hydrogen-bond donors (Lipinski definition) is 2. The van der Waals surface area contributed by atoms with Gasteiger partial charge in [0, 0.05) is 31.0 Å². The fourth-order valence-electron chi connectivity index (χ4n) is 4.13. The third-order valence-corrected chi connectivity index (χ3v) is 5.54. The highest BCUT2D eigenvalue weighted by Crippen LogP contribution is 2.22. The molecule has 1 amide bonds. The molecule has 1 aromatic carbocycles. The average molecular weight is 350 g/mol. The van der Waals surface area contributed by atoms with Crippen LogP contribution in [0.3, 0.4) is 0 Å². The number of nitrogens with one attached hydrogen (secondary N) is 2. The molecule has 5 nitrogen and oxygen atoms in total. The Morgan fingerprint density at radius 3 is 2.38 bits per heavy atom. The molecular formula is C21H26N4O. The predicted octanol–water partition coefficient (Wildman–Crippen LogP) is 2.80. The third kappa shape index (κ3) is 3.93. The third-order valence-electron chi connectivity index (χ3n) is 5.54. The van der Waals surface area contributed by atoms with Crippen molar-refractivity contribution < 1.29 is 4.79 Å². The number of hydrogen-bond acceptors (Lipinski definition) is 4. The van der Waals surface area contributed by atoms with E-state index in [1.165, 1.54) is 30.4 Å². The van der Waals surface area contributed by atoms with Crippen molar-refractivity contribution in [2.24, 2.45) is 0 Å². The Morgan fingerprint density at radius 2 is 1.65 bits per heavy atom. The average Bonchev–Trinajstić information content (AvgIpc) is 3.10. The van der Waals surface area contributed by atoms with Gasteiger partial charge in [-0.25, -0.2) is 4.98 Å². The molecule has 2 aliphatic rings. The maximum Gasteiger partial charge on any atom is 0.272 e. The standard InChI is InChI=1S/C21H26N4O/c26-21(25-17-8-2-1-3-9-17)20-19(22-10-11-23-20)14-24-18-12-15-6-4-5-7-16(15)13-18/h4-7,10-11,17-18,24H,1-3,8-9,12-14H2,(H,25,26). The molecule has 136 valence electrons. The number of rotatable bonds is 5. The van der Waals surface area contributed by atoms with Crippen molar-refractivity contribution in [2.45, 2.75) is 63.6 Å². The van der Waals surface area contributed by atoms with Gasteiger partial charge in [-0.15, -0.1) is 0 Å². The Balaban J connectivity index is 1.37. The molecule has 26 heavy (non-hydrogen) atoms. The van der Waals surface area contributed by atoms with Crippen molar-refractivity contribution in [3.05, 3.63) is 59.2 Å². The Bertz CT molecular complexity index is 745. The topological polar surface area (TPSA) is 66.9 Å². The van der Waals surface area contributed by atoms with Gasteiger partial charge in [0.1, 0.15) is 0 Å². The van der Waals surface area contributed by atoms with Crippen molar-refractivity contribution in [2.75, 3.05) is 0 Å². The first-order chi connectivity index (χ1) is 12.8. The zero-order valence-corrected chi connectivity index (χ0v) is 15.1. The zero-order valence-electron chi connectivity index (χ0n) is 15.1. The van der Waals surface area contributed by atoms with Gasteiger partial charge in [-0.1, -0.05) is 43.5 Å². The summed E-state index contributed by atoms with van der Waals surface area (Å²) in [4.78, 5) is 21.4. The number of carbonyl (C=O) groups is 1. The summed E-state index contributed by atoms with van der Waals surface area (Å²) >= 11 is 0. The highest BCUT2D eigenvalue weighted by molar-refractivity contribution is 5.93. The van der Waals surface area contributed by atoms with Gasteiger partial charge in [0.25, 0.3) is 5.91 Å². The summed E-state index contributed by atoms with van der Waals surface area (Å²) in [6.07, 6.45) is 11.1. The Hall–Kier alpha value is -2.27.